The Morgan fingerprint density at radius 2 is 2.09 bits per heavy atom. The summed E-state index contributed by atoms with van der Waals surface area (Å²) in [5.74, 6) is 0. The van der Waals surface area contributed by atoms with Crippen LogP contribution in [0.2, 0.25) is 0 Å². The van der Waals surface area contributed by atoms with Crippen LogP contribution in [0.5, 0.6) is 0 Å². The molecule has 1 aromatic carbocycles. The van der Waals surface area contributed by atoms with Gasteiger partial charge in [-0.2, -0.15) is 0 Å². The lowest BCUT2D eigenvalue weighted by Crippen LogP contribution is -2.24. The normalized spacial score (nSPS) is 10.8. The minimum absolute atomic E-state index is 0.294. The molecule has 0 atom stereocenters. The molecule has 0 saturated heterocycles. The maximum Gasteiger partial charge on any atom is 0.407 e. The van der Waals surface area contributed by atoms with Gasteiger partial charge in [-0.15, -0.1) is 11.3 Å². The fraction of sp³-hybridized carbons (Fsp3) is 0.294. The number of hydrogen-bond donors (Lipinski definition) is 1. The molecule has 0 aliphatic carbocycles. The van der Waals surface area contributed by atoms with E-state index in [2.05, 4.69) is 16.4 Å². The molecule has 116 valence electrons. The number of aromatic nitrogens is 1. The number of carbonyl (C=O) groups excluding carboxylic acids is 1. The van der Waals surface area contributed by atoms with Crippen LogP contribution in [0, 0.1) is 13.8 Å². The van der Waals surface area contributed by atoms with Crippen LogP contribution in [0.4, 0.5) is 4.79 Å². The molecule has 2 aromatic rings. The van der Waals surface area contributed by atoms with E-state index in [1.54, 1.807) is 11.3 Å². The highest BCUT2D eigenvalue weighted by Gasteiger charge is 2.02. The molecular formula is C17H20N2O2S. The second-order valence-corrected chi connectivity index (χ2v) is 6.10. The second kappa shape index (κ2) is 8.34. The summed E-state index contributed by atoms with van der Waals surface area (Å²) in [6, 6.07) is 9.63. The van der Waals surface area contributed by atoms with Crippen molar-refractivity contribution in [1.29, 1.82) is 0 Å². The van der Waals surface area contributed by atoms with Crippen LogP contribution in [-0.4, -0.2) is 17.6 Å². The molecule has 0 aliphatic heterocycles. The Labute approximate surface area is 134 Å². The molecule has 1 heterocycles. The average Bonchev–Trinajstić information content (AvgIpc) is 2.84. The van der Waals surface area contributed by atoms with Gasteiger partial charge in [-0.3, -0.25) is 0 Å². The fourth-order valence-electron chi connectivity index (χ4n) is 1.92. The van der Waals surface area contributed by atoms with Crippen LogP contribution in [0.3, 0.4) is 0 Å². The van der Waals surface area contributed by atoms with Gasteiger partial charge in [-0.1, -0.05) is 36.4 Å². The first kappa shape index (κ1) is 16.2. The van der Waals surface area contributed by atoms with Crippen molar-refractivity contribution >= 4 is 23.5 Å². The maximum absolute atomic E-state index is 11.5. The lowest BCUT2D eigenvalue weighted by Gasteiger charge is -2.05. The van der Waals surface area contributed by atoms with E-state index in [9.17, 15) is 4.79 Å². The molecule has 0 spiro atoms. The standard InChI is InChI=1S/C17H20N2O2S/c1-13-16(22-14(2)19-13)10-6-7-11-18-17(20)21-12-15-8-4-3-5-9-15/h3-6,8-10H,7,11-12H2,1-2H3,(H,18,20). The van der Waals surface area contributed by atoms with Gasteiger partial charge in [0.1, 0.15) is 6.61 Å². The van der Waals surface area contributed by atoms with Gasteiger partial charge in [0.25, 0.3) is 0 Å². The fourth-order valence-corrected chi connectivity index (χ4v) is 2.78. The van der Waals surface area contributed by atoms with Crippen LogP contribution in [0.1, 0.15) is 27.6 Å². The Hall–Kier alpha value is -2.14. The van der Waals surface area contributed by atoms with E-state index in [0.717, 1.165) is 22.7 Å². The summed E-state index contributed by atoms with van der Waals surface area (Å²) in [6.45, 7) is 4.85. The number of nitrogens with one attached hydrogen (secondary N) is 1. The molecule has 1 amide bonds. The number of rotatable bonds is 6. The zero-order valence-electron chi connectivity index (χ0n) is 12.8. The summed E-state index contributed by atoms with van der Waals surface area (Å²) in [5.41, 5.74) is 2.03. The monoisotopic (exact) mass is 316 g/mol. The Balaban J connectivity index is 1.64. The van der Waals surface area contributed by atoms with Crippen molar-refractivity contribution in [1.82, 2.24) is 10.3 Å². The summed E-state index contributed by atoms with van der Waals surface area (Å²) in [7, 11) is 0. The van der Waals surface area contributed by atoms with Gasteiger partial charge >= 0.3 is 6.09 Å². The van der Waals surface area contributed by atoms with Crippen molar-refractivity contribution in [3.05, 3.63) is 57.6 Å². The molecule has 5 heteroatoms. The lowest BCUT2D eigenvalue weighted by atomic mass is 10.2. The molecular weight excluding hydrogens is 296 g/mol. The first-order valence-electron chi connectivity index (χ1n) is 7.20. The minimum Gasteiger partial charge on any atom is -0.445 e. The summed E-state index contributed by atoms with van der Waals surface area (Å²) >= 11 is 1.67. The number of alkyl carbamates (subject to hydrolysis) is 1. The summed E-state index contributed by atoms with van der Waals surface area (Å²) < 4.78 is 5.13. The van der Waals surface area contributed by atoms with Crippen LogP contribution < -0.4 is 5.32 Å². The van der Waals surface area contributed by atoms with E-state index >= 15 is 0 Å². The van der Waals surface area contributed by atoms with E-state index in [4.69, 9.17) is 4.74 Å². The predicted molar refractivity (Wildman–Crippen MR) is 89.9 cm³/mol. The van der Waals surface area contributed by atoms with Gasteiger partial charge in [0.15, 0.2) is 0 Å². The number of thiazole rings is 1. The van der Waals surface area contributed by atoms with Crippen molar-refractivity contribution in [2.45, 2.75) is 26.9 Å². The van der Waals surface area contributed by atoms with Crippen molar-refractivity contribution in [3.8, 4) is 0 Å². The number of nitrogens with zero attached hydrogens (tertiary/aromatic N) is 1. The number of aryl methyl sites for hydroxylation is 2. The highest BCUT2D eigenvalue weighted by Crippen LogP contribution is 2.18. The van der Waals surface area contributed by atoms with Gasteiger partial charge in [0.05, 0.1) is 10.7 Å². The lowest BCUT2D eigenvalue weighted by molar-refractivity contribution is 0.140. The Morgan fingerprint density at radius 3 is 2.77 bits per heavy atom. The van der Waals surface area contributed by atoms with Crippen LogP contribution in [-0.2, 0) is 11.3 Å². The number of amides is 1. The Bertz CT molecular complexity index is 635. The molecule has 0 saturated carbocycles. The molecule has 22 heavy (non-hydrogen) atoms. The molecule has 0 fully saturated rings. The topological polar surface area (TPSA) is 51.2 Å². The molecule has 1 aromatic heterocycles. The van der Waals surface area contributed by atoms with Crippen LogP contribution in [0.25, 0.3) is 6.08 Å². The zero-order chi connectivity index (χ0) is 15.8. The number of benzene rings is 1. The third-order valence-corrected chi connectivity index (χ3v) is 4.04. The summed E-state index contributed by atoms with van der Waals surface area (Å²) in [6.07, 6.45) is 4.47. The van der Waals surface area contributed by atoms with Crippen molar-refractivity contribution in [2.75, 3.05) is 6.54 Å². The van der Waals surface area contributed by atoms with Crippen molar-refractivity contribution in [3.63, 3.8) is 0 Å². The van der Waals surface area contributed by atoms with E-state index in [-0.39, 0.29) is 6.09 Å². The van der Waals surface area contributed by atoms with Crippen LogP contribution in [0.15, 0.2) is 36.4 Å². The molecule has 4 nitrogen and oxygen atoms in total. The van der Waals surface area contributed by atoms with Gasteiger partial charge in [0.2, 0.25) is 0 Å². The van der Waals surface area contributed by atoms with Crippen LogP contribution >= 0.6 is 11.3 Å². The quantitative estimate of drug-likeness (QED) is 0.817. The van der Waals surface area contributed by atoms with Gasteiger partial charge in [-0.05, 0) is 31.9 Å². The highest BCUT2D eigenvalue weighted by atomic mass is 32.1. The molecule has 2 rings (SSSR count). The van der Waals surface area contributed by atoms with E-state index in [0.29, 0.717) is 13.2 Å². The van der Waals surface area contributed by atoms with E-state index in [1.807, 2.05) is 50.3 Å². The zero-order valence-corrected chi connectivity index (χ0v) is 13.7. The first-order chi connectivity index (χ1) is 10.6. The third kappa shape index (κ3) is 5.33. The maximum atomic E-state index is 11.5. The average molecular weight is 316 g/mol. The van der Waals surface area contributed by atoms with Gasteiger partial charge in [0, 0.05) is 11.4 Å². The number of hydrogen-bond acceptors (Lipinski definition) is 4. The second-order valence-electron chi connectivity index (χ2n) is 4.86. The first-order valence-corrected chi connectivity index (χ1v) is 8.02. The summed E-state index contributed by atoms with van der Waals surface area (Å²) in [5, 5.41) is 3.80. The Morgan fingerprint density at radius 1 is 1.32 bits per heavy atom. The predicted octanol–water partition coefficient (Wildman–Crippen LogP) is 4.09. The smallest absolute Gasteiger partial charge is 0.407 e. The minimum atomic E-state index is -0.387. The molecule has 0 aliphatic rings. The molecule has 0 unspecified atom stereocenters. The van der Waals surface area contributed by atoms with Crippen molar-refractivity contribution < 1.29 is 9.53 Å². The molecule has 0 bridgehead atoms. The third-order valence-electron chi connectivity index (χ3n) is 3.00. The Kier molecular flexibility index (Phi) is 6.15. The highest BCUT2D eigenvalue weighted by molar-refractivity contribution is 7.12. The molecule has 0 radical (unpaired) electrons. The SMILES string of the molecule is Cc1nc(C)c(C=CCCNC(=O)OCc2ccccc2)s1. The van der Waals surface area contributed by atoms with Gasteiger partial charge in [-0.25, -0.2) is 9.78 Å². The van der Waals surface area contributed by atoms with E-state index < -0.39 is 0 Å². The molecule has 1 N–H and O–H groups in total. The van der Waals surface area contributed by atoms with E-state index in [1.165, 1.54) is 4.88 Å². The van der Waals surface area contributed by atoms with Crippen molar-refractivity contribution in [2.24, 2.45) is 0 Å². The summed E-state index contributed by atoms with van der Waals surface area (Å²) in [4.78, 5) is 17.1. The largest absolute Gasteiger partial charge is 0.445 e. The number of ether oxygens (including phenoxy) is 1. The number of carbonyl (C=O) groups is 1. The van der Waals surface area contributed by atoms with Gasteiger partial charge < -0.3 is 10.1 Å².